The minimum Gasteiger partial charge on any atom is -0.325 e. The van der Waals surface area contributed by atoms with Gasteiger partial charge in [0.2, 0.25) is 5.91 Å². The molecule has 0 saturated carbocycles. The first-order valence-corrected chi connectivity index (χ1v) is 6.03. The summed E-state index contributed by atoms with van der Waals surface area (Å²) in [6, 6.07) is 5.32. The lowest BCUT2D eigenvalue weighted by atomic mass is 10.1. The van der Waals surface area contributed by atoms with Crippen LogP contribution in [-0.4, -0.2) is 36.5 Å². The molecule has 0 aliphatic carbocycles. The lowest BCUT2D eigenvalue weighted by molar-refractivity contribution is -0.118. The Hall–Kier alpha value is -0.810. The third kappa shape index (κ3) is 3.10. The molecule has 1 fully saturated rings. The smallest absolute Gasteiger partial charge is 0.238 e. The second kappa shape index (κ2) is 5.23. The number of carbonyl (C=O) groups excluding carboxylic acids is 1. The Bertz CT molecular complexity index is 433. The first-order valence-electron chi connectivity index (χ1n) is 5.28. The van der Waals surface area contributed by atoms with E-state index < -0.39 is 0 Å². The second-order valence-corrected chi connectivity index (χ2v) is 4.89. The van der Waals surface area contributed by atoms with Gasteiger partial charge in [0.1, 0.15) is 0 Å². The molecule has 92 valence electrons. The SMILES string of the molecule is NC1CN(CC(=O)Nc2cccc(Cl)c2Cl)C1. The Labute approximate surface area is 110 Å². The van der Waals surface area contributed by atoms with Crippen molar-refractivity contribution >= 4 is 34.8 Å². The van der Waals surface area contributed by atoms with E-state index in [0.717, 1.165) is 13.1 Å². The van der Waals surface area contributed by atoms with Gasteiger partial charge in [-0.2, -0.15) is 0 Å². The Balaban J connectivity index is 1.92. The van der Waals surface area contributed by atoms with Gasteiger partial charge in [-0.1, -0.05) is 29.3 Å². The molecule has 0 unspecified atom stereocenters. The van der Waals surface area contributed by atoms with Crippen molar-refractivity contribution in [3.63, 3.8) is 0 Å². The van der Waals surface area contributed by atoms with Gasteiger partial charge in [0.15, 0.2) is 0 Å². The predicted molar refractivity (Wildman–Crippen MR) is 69.5 cm³/mol. The molecule has 0 atom stereocenters. The van der Waals surface area contributed by atoms with Crippen LogP contribution in [0, 0.1) is 0 Å². The summed E-state index contributed by atoms with van der Waals surface area (Å²) in [5.41, 5.74) is 6.17. The van der Waals surface area contributed by atoms with E-state index in [0.29, 0.717) is 22.3 Å². The molecule has 1 aliphatic heterocycles. The van der Waals surface area contributed by atoms with Gasteiger partial charge in [-0.15, -0.1) is 0 Å². The number of hydrogen-bond acceptors (Lipinski definition) is 3. The summed E-state index contributed by atoms with van der Waals surface area (Å²) in [5, 5.41) is 3.52. The molecule has 0 aromatic heterocycles. The van der Waals surface area contributed by atoms with Crippen molar-refractivity contribution in [1.82, 2.24) is 4.90 Å². The summed E-state index contributed by atoms with van der Waals surface area (Å²) < 4.78 is 0. The van der Waals surface area contributed by atoms with Crippen LogP contribution in [0.2, 0.25) is 10.0 Å². The fraction of sp³-hybridized carbons (Fsp3) is 0.364. The molecule has 1 aromatic carbocycles. The highest BCUT2D eigenvalue weighted by molar-refractivity contribution is 6.43. The minimum absolute atomic E-state index is 0.110. The van der Waals surface area contributed by atoms with Crippen LogP contribution in [0.15, 0.2) is 18.2 Å². The van der Waals surface area contributed by atoms with Gasteiger partial charge in [0, 0.05) is 19.1 Å². The molecule has 6 heteroatoms. The number of benzene rings is 1. The molecule has 4 nitrogen and oxygen atoms in total. The summed E-state index contributed by atoms with van der Waals surface area (Å²) >= 11 is 11.8. The Morgan fingerprint density at radius 2 is 2.18 bits per heavy atom. The van der Waals surface area contributed by atoms with Gasteiger partial charge in [-0.3, -0.25) is 9.69 Å². The van der Waals surface area contributed by atoms with E-state index in [-0.39, 0.29) is 11.9 Å². The van der Waals surface area contributed by atoms with E-state index in [9.17, 15) is 4.79 Å². The lowest BCUT2D eigenvalue weighted by Gasteiger charge is -2.36. The maximum atomic E-state index is 11.7. The summed E-state index contributed by atoms with van der Waals surface area (Å²) in [6.07, 6.45) is 0. The zero-order valence-corrected chi connectivity index (χ0v) is 10.6. The first-order chi connectivity index (χ1) is 8.06. The third-order valence-corrected chi connectivity index (χ3v) is 3.40. The zero-order chi connectivity index (χ0) is 12.4. The van der Waals surface area contributed by atoms with Crippen LogP contribution in [0.5, 0.6) is 0 Å². The fourth-order valence-corrected chi connectivity index (χ4v) is 2.08. The van der Waals surface area contributed by atoms with E-state index in [2.05, 4.69) is 5.32 Å². The molecule has 1 saturated heterocycles. The number of nitrogens with zero attached hydrogens (tertiary/aromatic N) is 1. The highest BCUT2D eigenvalue weighted by Crippen LogP contribution is 2.29. The third-order valence-electron chi connectivity index (χ3n) is 2.58. The molecule has 3 N–H and O–H groups in total. The van der Waals surface area contributed by atoms with Crippen molar-refractivity contribution in [1.29, 1.82) is 0 Å². The molecule has 17 heavy (non-hydrogen) atoms. The van der Waals surface area contributed by atoms with Crippen molar-refractivity contribution in [2.75, 3.05) is 25.0 Å². The summed E-state index contributed by atoms with van der Waals surface area (Å²) in [6.45, 7) is 1.85. The highest BCUT2D eigenvalue weighted by atomic mass is 35.5. The topological polar surface area (TPSA) is 58.4 Å². The molecule has 0 bridgehead atoms. The van der Waals surface area contributed by atoms with Gasteiger partial charge in [0.25, 0.3) is 0 Å². The van der Waals surface area contributed by atoms with Gasteiger partial charge < -0.3 is 11.1 Å². The number of likely N-dealkylation sites (tertiary alicyclic amines) is 1. The van der Waals surface area contributed by atoms with E-state index in [1.807, 2.05) is 4.90 Å². The first kappa shape index (κ1) is 12.6. The molecule has 2 rings (SSSR count). The largest absolute Gasteiger partial charge is 0.325 e. The van der Waals surface area contributed by atoms with Crippen LogP contribution in [0.4, 0.5) is 5.69 Å². The molecule has 1 aliphatic rings. The van der Waals surface area contributed by atoms with Crippen LogP contribution < -0.4 is 11.1 Å². The van der Waals surface area contributed by atoms with E-state index in [1.165, 1.54) is 0 Å². The van der Waals surface area contributed by atoms with Gasteiger partial charge in [0.05, 0.1) is 22.3 Å². The number of halogens is 2. The molecule has 1 aromatic rings. The Morgan fingerprint density at radius 3 is 2.82 bits per heavy atom. The predicted octanol–water partition coefficient (Wildman–Crippen LogP) is 1.57. The lowest BCUT2D eigenvalue weighted by Crippen LogP contribution is -2.57. The van der Waals surface area contributed by atoms with E-state index >= 15 is 0 Å². The van der Waals surface area contributed by atoms with E-state index in [4.69, 9.17) is 28.9 Å². The normalized spacial score (nSPS) is 16.6. The molecular weight excluding hydrogens is 261 g/mol. The van der Waals surface area contributed by atoms with Crippen molar-refractivity contribution in [3.8, 4) is 0 Å². The quantitative estimate of drug-likeness (QED) is 0.879. The average Bonchev–Trinajstić information content (AvgIpc) is 2.23. The minimum atomic E-state index is -0.110. The van der Waals surface area contributed by atoms with Crippen molar-refractivity contribution in [2.45, 2.75) is 6.04 Å². The summed E-state index contributed by atoms with van der Waals surface area (Å²) in [7, 11) is 0. The number of hydrogen-bond donors (Lipinski definition) is 2. The van der Waals surface area contributed by atoms with Gasteiger partial charge in [-0.25, -0.2) is 0 Å². The number of rotatable bonds is 3. The van der Waals surface area contributed by atoms with Crippen LogP contribution in [0.25, 0.3) is 0 Å². The van der Waals surface area contributed by atoms with Gasteiger partial charge >= 0.3 is 0 Å². The summed E-state index contributed by atoms with van der Waals surface area (Å²) in [4.78, 5) is 13.7. The Morgan fingerprint density at radius 1 is 1.47 bits per heavy atom. The standard InChI is InChI=1S/C11H13Cl2N3O/c12-8-2-1-3-9(11(8)13)15-10(17)6-16-4-7(14)5-16/h1-3,7H,4-6,14H2,(H,15,17). The van der Waals surface area contributed by atoms with Crippen molar-refractivity contribution in [3.05, 3.63) is 28.2 Å². The highest BCUT2D eigenvalue weighted by Gasteiger charge is 2.24. The van der Waals surface area contributed by atoms with Crippen LogP contribution in [0.3, 0.4) is 0 Å². The van der Waals surface area contributed by atoms with Crippen LogP contribution in [0.1, 0.15) is 0 Å². The fourth-order valence-electron chi connectivity index (χ4n) is 1.73. The van der Waals surface area contributed by atoms with Crippen LogP contribution in [-0.2, 0) is 4.79 Å². The number of nitrogens with two attached hydrogens (primary N) is 1. The average molecular weight is 274 g/mol. The van der Waals surface area contributed by atoms with E-state index in [1.54, 1.807) is 18.2 Å². The zero-order valence-electron chi connectivity index (χ0n) is 9.12. The van der Waals surface area contributed by atoms with Crippen LogP contribution >= 0.6 is 23.2 Å². The monoisotopic (exact) mass is 273 g/mol. The molecule has 0 radical (unpaired) electrons. The van der Waals surface area contributed by atoms with Gasteiger partial charge in [-0.05, 0) is 12.1 Å². The van der Waals surface area contributed by atoms with Crippen molar-refractivity contribution in [2.24, 2.45) is 5.73 Å². The number of amides is 1. The number of anilines is 1. The number of carbonyl (C=O) groups is 1. The maximum absolute atomic E-state index is 11.7. The second-order valence-electron chi connectivity index (χ2n) is 4.10. The molecule has 1 heterocycles. The Kier molecular flexibility index (Phi) is 3.89. The van der Waals surface area contributed by atoms with Crippen molar-refractivity contribution < 1.29 is 4.79 Å². The molecular formula is C11H13Cl2N3O. The summed E-state index contributed by atoms with van der Waals surface area (Å²) in [5.74, 6) is -0.110. The number of nitrogens with one attached hydrogen (secondary N) is 1. The molecule has 0 spiro atoms. The maximum Gasteiger partial charge on any atom is 0.238 e. The molecule has 1 amide bonds.